The SMILES string of the molecule is CC(C)CNC(=O)c1ccccc1NC(=O)COC(=O)c1ccc2c(c1)CCC(=O)N2. The largest absolute Gasteiger partial charge is 0.452 e. The second kappa shape index (κ2) is 9.88. The molecular weight excluding hydrogens is 398 g/mol. The lowest BCUT2D eigenvalue weighted by molar-refractivity contribution is -0.119. The molecule has 1 aliphatic rings. The summed E-state index contributed by atoms with van der Waals surface area (Å²) >= 11 is 0. The second-order valence-electron chi connectivity index (χ2n) is 7.69. The van der Waals surface area contributed by atoms with Gasteiger partial charge in [0.15, 0.2) is 6.61 Å². The Kier molecular flexibility index (Phi) is 7.02. The summed E-state index contributed by atoms with van der Waals surface area (Å²) in [6.45, 7) is 4.00. The zero-order chi connectivity index (χ0) is 22.4. The van der Waals surface area contributed by atoms with E-state index in [9.17, 15) is 19.2 Å². The molecule has 31 heavy (non-hydrogen) atoms. The van der Waals surface area contributed by atoms with Crippen LogP contribution >= 0.6 is 0 Å². The number of aryl methyl sites for hydroxylation is 1. The Morgan fingerprint density at radius 3 is 2.65 bits per heavy atom. The molecule has 0 saturated heterocycles. The highest BCUT2D eigenvalue weighted by Crippen LogP contribution is 2.24. The quantitative estimate of drug-likeness (QED) is 0.593. The van der Waals surface area contributed by atoms with Crippen LogP contribution in [0.1, 0.15) is 46.5 Å². The molecule has 0 bridgehead atoms. The van der Waals surface area contributed by atoms with Crippen LogP contribution in [-0.2, 0) is 20.7 Å². The Morgan fingerprint density at radius 2 is 1.87 bits per heavy atom. The molecule has 3 N–H and O–H groups in total. The van der Waals surface area contributed by atoms with Crippen molar-refractivity contribution < 1.29 is 23.9 Å². The number of para-hydroxylation sites is 1. The van der Waals surface area contributed by atoms with Crippen LogP contribution in [0.3, 0.4) is 0 Å². The topological polar surface area (TPSA) is 114 Å². The normalized spacial score (nSPS) is 12.5. The molecule has 3 amide bonds. The van der Waals surface area contributed by atoms with E-state index in [4.69, 9.17) is 4.74 Å². The molecule has 8 heteroatoms. The summed E-state index contributed by atoms with van der Waals surface area (Å²) in [4.78, 5) is 48.4. The van der Waals surface area contributed by atoms with Gasteiger partial charge < -0.3 is 20.7 Å². The van der Waals surface area contributed by atoms with E-state index in [2.05, 4.69) is 16.0 Å². The Hall–Kier alpha value is -3.68. The van der Waals surface area contributed by atoms with Crippen LogP contribution in [0.4, 0.5) is 11.4 Å². The van der Waals surface area contributed by atoms with Crippen LogP contribution in [0.15, 0.2) is 42.5 Å². The lowest BCUT2D eigenvalue weighted by atomic mass is 10.0. The van der Waals surface area contributed by atoms with Gasteiger partial charge >= 0.3 is 5.97 Å². The van der Waals surface area contributed by atoms with Gasteiger partial charge in [0.1, 0.15) is 0 Å². The van der Waals surface area contributed by atoms with Crippen LogP contribution in [0.25, 0.3) is 0 Å². The van der Waals surface area contributed by atoms with Crippen molar-refractivity contribution in [2.45, 2.75) is 26.7 Å². The summed E-state index contributed by atoms with van der Waals surface area (Å²) in [6.07, 6.45) is 0.899. The molecule has 162 valence electrons. The Bertz CT molecular complexity index is 1020. The van der Waals surface area contributed by atoms with E-state index in [1.807, 2.05) is 13.8 Å². The van der Waals surface area contributed by atoms with Crippen molar-refractivity contribution in [3.05, 3.63) is 59.2 Å². The number of amides is 3. The summed E-state index contributed by atoms with van der Waals surface area (Å²) in [5, 5.41) is 8.17. The summed E-state index contributed by atoms with van der Waals surface area (Å²) in [5.41, 5.74) is 2.50. The number of fused-ring (bicyclic) bond motifs is 1. The van der Waals surface area contributed by atoms with Gasteiger partial charge in [0.25, 0.3) is 11.8 Å². The molecule has 0 spiro atoms. The third-order valence-electron chi connectivity index (χ3n) is 4.69. The lowest BCUT2D eigenvalue weighted by Crippen LogP contribution is -2.29. The summed E-state index contributed by atoms with van der Waals surface area (Å²) in [5.74, 6) is -1.24. The summed E-state index contributed by atoms with van der Waals surface area (Å²) in [6, 6.07) is 11.5. The van der Waals surface area contributed by atoms with E-state index in [0.717, 1.165) is 5.56 Å². The third-order valence-corrected chi connectivity index (χ3v) is 4.69. The van der Waals surface area contributed by atoms with Crippen molar-refractivity contribution in [1.29, 1.82) is 0 Å². The lowest BCUT2D eigenvalue weighted by Gasteiger charge is -2.17. The van der Waals surface area contributed by atoms with Crippen molar-refractivity contribution >= 4 is 35.1 Å². The number of carbonyl (C=O) groups is 4. The molecule has 0 atom stereocenters. The maximum atomic E-state index is 12.4. The molecular formula is C23H25N3O5. The second-order valence-corrected chi connectivity index (χ2v) is 7.69. The molecule has 0 unspecified atom stereocenters. The number of esters is 1. The van der Waals surface area contributed by atoms with E-state index in [1.165, 1.54) is 0 Å². The molecule has 0 radical (unpaired) electrons. The van der Waals surface area contributed by atoms with Crippen LogP contribution in [-0.4, -0.2) is 36.8 Å². The fourth-order valence-electron chi connectivity index (χ4n) is 3.09. The molecule has 2 aromatic carbocycles. The maximum Gasteiger partial charge on any atom is 0.338 e. The third kappa shape index (κ3) is 5.91. The number of benzene rings is 2. The number of ether oxygens (including phenoxy) is 1. The average Bonchev–Trinajstić information content (AvgIpc) is 2.75. The van der Waals surface area contributed by atoms with Gasteiger partial charge in [-0.05, 0) is 48.2 Å². The number of hydrogen-bond donors (Lipinski definition) is 3. The van der Waals surface area contributed by atoms with E-state index in [1.54, 1.807) is 42.5 Å². The molecule has 0 aromatic heterocycles. The first kappa shape index (κ1) is 22.0. The first-order chi connectivity index (χ1) is 14.8. The predicted molar refractivity (Wildman–Crippen MR) is 116 cm³/mol. The molecule has 0 fully saturated rings. The minimum absolute atomic E-state index is 0.0577. The van der Waals surface area contributed by atoms with Crippen molar-refractivity contribution in [3.8, 4) is 0 Å². The maximum absolute atomic E-state index is 12.4. The van der Waals surface area contributed by atoms with E-state index >= 15 is 0 Å². The van der Waals surface area contributed by atoms with Gasteiger partial charge in [0.2, 0.25) is 5.91 Å². The molecule has 1 aliphatic heterocycles. The number of carbonyl (C=O) groups excluding carboxylic acids is 4. The predicted octanol–water partition coefficient (Wildman–Crippen LogP) is 2.75. The number of nitrogens with one attached hydrogen (secondary N) is 3. The fraction of sp³-hybridized carbons (Fsp3) is 0.304. The minimum Gasteiger partial charge on any atom is -0.452 e. The van der Waals surface area contributed by atoms with Crippen LogP contribution < -0.4 is 16.0 Å². The van der Waals surface area contributed by atoms with Crippen LogP contribution in [0.2, 0.25) is 0 Å². The van der Waals surface area contributed by atoms with Crippen molar-refractivity contribution in [2.24, 2.45) is 5.92 Å². The number of hydrogen-bond acceptors (Lipinski definition) is 5. The zero-order valence-corrected chi connectivity index (χ0v) is 17.5. The van der Waals surface area contributed by atoms with E-state index < -0.39 is 18.5 Å². The molecule has 2 aromatic rings. The van der Waals surface area contributed by atoms with E-state index in [0.29, 0.717) is 47.8 Å². The Morgan fingerprint density at radius 1 is 1.10 bits per heavy atom. The minimum atomic E-state index is -0.641. The Balaban J connectivity index is 1.58. The van der Waals surface area contributed by atoms with Crippen molar-refractivity contribution in [1.82, 2.24) is 5.32 Å². The number of anilines is 2. The van der Waals surface area contributed by atoms with Crippen LogP contribution in [0, 0.1) is 5.92 Å². The van der Waals surface area contributed by atoms with Gasteiger partial charge in [0, 0.05) is 18.7 Å². The Labute approximate surface area is 180 Å². The molecule has 3 rings (SSSR count). The van der Waals surface area contributed by atoms with Crippen molar-refractivity contribution in [2.75, 3.05) is 23.8 Å². The van der Waals surface area contributed by atoms with Gasteiger partial charge in [-0.25, -0.2) is 4.79 Å². The van der Waals surface area contributed by atoms with Gasteiger partial charge in [-0.3, -0.25) is 14.4 Å². The smallest absolute Gasteiger partial charge is 0.338 e. The van der Waals surface area contributed by atoms with E-state index in [-0.39, 0.29) is 11.8 Å². The summed E-state index contributed by atoms with van der Waals surface area (Å²) < 4.78 is 5.11. The molecule has 1 heterocycles. The highest BCUT2D eigenvalue weighted by Gasteiger charge is 2.18. The fourth-order valence-corrected chi connectivity index (χ4v) is 3.09. The first-order valence-electron chi connectivity index (χ1n) is 10.1. The first-order valence-corrected chi connectivity index (χ1v) is 10.1. The van der Waals surface area contributed by atoms with Gasteiger partial charge in [-0.15, -0.1) is 0 Å². The van der Waals surface area contributed by atoms with Crippen molar-refractivity contribution in [3.63, 3.8) is 0 Å². The van der Waals surface area contributed by atoms with Gasteiger partial charge in [-0.1, -0.05) is 26.0 Å². The monoisotopic (exact) mass is 423 g/mol. The average molecular weight is 423 g/mol. The highest BCUT2D eigenvalue weighted by atomic mass is 16.5. The summed E-state index contributed by atoms with van der Waals surface area (Å²) in [7, 11) is 0. The number of rotatable bonds is 7. The van der Waals surface area contributed by atoms with Crippen LogP contribution in [0.5, 0.6) is 0 Å². The van der Waals surface area contributed by atoms with Gasteiger partial charge in [0.05, 0.1) is 16.8 Å². The molecule has 0 aliphatic carbocycles. The zero-order valence-electron chi connectivity index (χ0n) is 17.5. The van der Waals surface area contributed by atoms with Gasteiger partial charge in [-0.2, -0.15) is 0 Å². The standard InChI is InChI=1S/C23H25N3O5/c1-14(2)12-24-22(29)17-5-3-4-6-19(17)26-21(28)13-31-23(30)16-7-9-18-15(11-16)8-10-20(27)25-18/h3-7,9,11,14H,8,10,12-13H2,1-2H3,(H,24,29)(H,25,27)(H,26,28). The molecule has 0 saturated carbocycles. The molecule has 8 nitrogen and oxygen atoms in total. The highest BCUT2D eigenvalue weighted by molar-refractivity contribution is 6.04.